The maximum atomic E-state index is 11.5. The number of hydrogen-bond donors (Lipinski definition) is 2. The van der Waals surface area contributed by atoms with Gasteiger partial charge in [0.15, 0.2) is 0 Å². The summed E-state index contributed by atoms with van der Waals surface area (Å²) in [6, 6.07) is -0.829. The van der Waals surface area contributed by atoms with E-state index >= 15 is 0 Å². The molecule has 0 radical (unpaired) electrons. The van der Waals surface area contributed by atoms with E-state index in [4.69, 9.17) is 5.11 Å². The van der Waals surface area contributed by atoms with Gasteiger partial charge in [-0.3, -0.25) is 9.48 Å². The van der Waals surface area contributed by atoms with E-state index in [9.17, 15) is 9.59 Å². The Balaban J connectivity index is 2.50. The zero-order valence-corrected chi connectivity index (χ0v) is 9.30. The molecule has 88 valence electrons. The number of carboxylic acids is 1. The van der Waals surface area contributed by atoms with Crippen LogP contribution in [0.15, 0.2) is 12.4 Å². The van der Waals surface area contributed by atoms with Gasteiger partial charge in [0.25, 0.3) is 0 Å². The summed E-state index contributed by atoms with van der Waals surface area (Å²) >= 11 is 0. The van der Waals surface area contributed by atoms with Crippen molar-refractivity contribution in [2.45, 2.75) is 32.9 Å². The summed E-state index contributed by atoms with van der Waals surface area (Å²) in [5, 5.41) is 15.1. The van der Waals surface area contributed by atoms with Crippen molar-refractivity contribution < 1.29 is 14.7 Å². The molecule has 0 aliphatic heterocycles. The smallest absolute Gasteiger partial charge is 0.326 e. The first-order valence-corrected chi connectivity index (χ1v) is 5.04. The van der Waals surface area contributed by atoms with Crippen molar-refractivity contribution in [1.82, 2.24) is 15.1 Å². The number of aromatic nitrogens is 2. The van der Waals surface area contributed by atoms with Gasteiger partial charge in [0.2, 0.25) is 5.91 Å². The average molecular weight is 225 g/mol. The van der Waals surface area contributed by atoms with E-state index < -0.39 is 12.0 Å². The molecule has 1 heterocycles. The van der Waals surface area contributed by atoms with Gasteiger partial charge in [0, 0.05) is 6.20 Å². The first-order valence-electron chi connectivity index (χ1n) is 5.04. The monoisotopic (exact) mass is 225 g/mol. The van der Waals surface area contributed by atoms with E-state index in [0.717, 1.165) is 5.56 Å². The minimum atomic E-state index is -1.02. The first kappa shape index (κ1) is 12.2. The van der Waals surface area contributed by atoms with Crippen LogP contribution in [0.5, 0.6) is 0 Å². The Hall–Kier alpha value is -1.85. The molecular formula is C10H15N3O3. The first-order chi connectivity index (χ1) is 7.52. The number of aliphatic carboxylic acids is 1. The van der Waals surface area contributed by atoms with E-state index in [1.165, 1.54) is 4.68 Å². The number of nitrogens with one attached hydrogen (secondary N) is 1. The number of rotatable bonds is 5. The molecule has 6 heteroatoms. The van der Waals surface area contributed by atoms with Crippen LogP contribution in [0.2, 0.25) is 0 Å². The van der Waals surface area contributed by atoms with Crippen LogP contribution in [0.4, 0.5) is 0 Å². The lowest BCUT2D eigenvalue weighted by atomic mass is 10.2. The minimum absolute atomic E-state index is 0.0393. The van der Waals surface area contributed by atoms with Crippen LogP contribution in [-0.4, -0.2) is 32.8 Å². The molecule has 0 fully saturated rings. The normalized spacial score (nSPS) is 12.1. The molecular weight excluding hydrogens is 210 g/mol. The van der Waals surface area contributed by atoms with Gasteiger partial charge in [-0.1, -0.05) is 6.92 Å². The molecule has 1 aromatic rings. The van der Waals surface area contributed by atoms with Crippen LogP contribution < -0.4 is 5.32 Å². The Labute approximate surface area is 93.3 Å². The fraction of sp³-hybridized carbons (Fsp3) is 0.500. The second-order valence-electron chi connectivity index (χ2n) is 3.58. The molecule has 1 rings (SSSR count). The van der Waals surface area contributed by atoms with Gasteiger partial charge in [-0.05, 0) is 18.9 Å². The van der Waals surface area contributed by atoms with Gasteiger partial charge in [0.1, 0.15) is 12.6 Å². The Morgan fingerprint density at radius 1 is 1.62 bits per heavy atom. The third kappa shape index (κ3) is 3.38. The molecule has 0 saturated carbocycles. The Morgan fingerprint density at radius 3 is 2.75 bits per heavy atom. The van der Waals surface area contributed by atoms with Crippen molar-refractivity contribution in [3.05, 3.63) is 18.0 Å². The quantitative estimate of drug-likeness (QED) is 0.748. The molecule has 1 aromatic heterocycles. The van der Waals surface area contributed by atoms with Crippen molar-refractivity contribution >= 4 is 11.9 Å². The van der Waals surface area contributed by atoms with Crippen LogP contribution in [0.25, 0.3) is 0 Å². The Morgan fingerprint density at radius 2 is 2.31 bits per heavy atom. The Kier molecular flexibility index (Phi) is 4.04. The van der Waals surface area contributed by atoms with E-state index in [2.05, 4.69) is 10.4 Å². The Bertz CT molecular complexity index is 386. The van der Waals surface area contributed by atoms with Gasteiger partial charge in [0.05, 0.1) is 6.20 Å². The summed E-state index contributed by atoms with van der Waals surface area (Å²) in [7, 11) is 0. The van der Waals surface area contributed by atoms with Crippen LogP contribution in [0.1, 0.15) is 18.9 Å². The SMILES string of the molecule is CC[C@@H](NC(=O)Cn1cc(C)cn1)C(=O)O. The maximum absolute atomic E-state index is 11.5. The molecule has 16 heavy (non-hydrogen) atoms. The predicted octanol–water partition coefficient (Wildman–Crippen LogP) is 0.171. The van der Waals surface area contributed by atoms with Crippen LogP contribution in [0.3, 0.4) is 0 Å². The number of nitrogens with zero attached hydrogens (tertiary/aromatic N) is 2. The average Bonchev–Trinajstić information content (AvgIpc) is 2.60. The standard InChI is InChI=1S/C10H15N3O3/c1-3-8(10(15)16)12-9(14)6-13-5-7(2)4-11-13/h4-5,8H,3,6H2,1-2H3,(H,12,14)(H,15,16)/t8-/m1/s1. The van der Waals surface area contributed by atoms with E-state index in [-0.39, 0.29) is 12.5 Å². The number of hydrogen-bond acceptors (Lipinski definition) is 3. The van der Waals surface area contributed by atoms with Gasteiger partial charge < -0.3 is 10.4 Å². The molecule has 0 aliphatic carbocycles. The number of amides is 1. The lowest BCUT2D eigenvalue weighted by molar-refractivity contribution is -0.142. The third-order valence-electron chi connectivity index (χ3n) is 2.11. The summed E-state index contributed by atoms with van der Waals surface area (Å²) in [6.07, 6.45) is 3.72. The summed E-state index contributed by atoms with van der Waals surface area (Å²) in [6.45, 7) is 3.61. The van der Waals surface area contributed by atoms with E-state index in [1.54, 1.807) is 19.3 Å². The van der Waals surface area contributed by atoms with E-state index in [1.807, 2.05) is 6.92 Å². The summed E-state index contributed by atoms with van der Waals surface area (Å²) < 4.78 is 1.47. The van der Waals surface area contributed by atoms with Gasteiger partial charge in [-0.2, -0.15) is 5.10 Å². The zero-order valence-electron chi connectivity index (χ0n) is 9.30. The summed E-state index contributed by atoms with van der Waals surface area (Å²) in [5.41, 5.74) is 0.957. The summed E-state index contributed by atoms with van der Waals surface area (Å²) in [4.78, 5) is 22.1. The molecule has 0 saturated heterocycles. The van der Waals surface area contributed by atoms with Gasteiger partial charge in [-0.25, -0.2) is 4.79 Å². The number of aryl methyl sites for hydroxylation is 1. The van der Waals surface area contributed by atoms with Gasteiger partial charge >= 0.3 is 5.97 Å². The van der Waals surface area contributed by atoms with Gasteiger partial charge in [-0.15, -0.1) is 0 Å². The highest BCUT2D eigenvalue weighted by Crippen LogP contribution is 1.95. The summed E-state index contributed by atoms with van der Waals surface area (Å²) in [5.74, 6) is -1.37. The molecule has 0 aliphatic rings. The zero-order chi connectivity index (χ0) is 12.1. The molecule has 0 bridgehead atoms. The highest BCUT2D eigenvalue weighted by molar-refractivity contribution is 5.83. The van der Waals surface area contributed by atoms with Crippen LogP contribution >= 0.6 is 0 Å². The second-order valence-corrected chi connectivity index (χ2v) is 3.58. The van der Waals surface area contributed by atoms with Crippen molar-refractivity contribution in [2.75, 3.05) is 0 Å². The van der Waals surface area contributed by atoms with Crippen molar-refractivity contribution in [3.8, 4) is 0 Å². The molecule has 0 spiro atoms. The van der Waals surface area contributed by atoms with Crippen LogP contribution in [0, 0.1) is 6.92 Å². The molecule has 0 aromatic carbocycles. The number of carboxylic acid groups (broad SMARTS) is 1. The molecule has 6 nitrogen and oxygen atoms in total. The lowest BCUT2D eigenvalue weighted by Gasteiger charge is -2.11. The van der Waals surface area contributed by atoms with Crippen molar-refractivity contribution in [2.24, 2.45) is 0 Å². The highest BCUT2D eigenvalue weighted by Gasteiger charge is 2.17. The molecule has 2 N–H and O–H groups in total. The second kappa shape index (κ2) is 5.29. The maximum Gasteiger partial charge on any atom is 0.326 e. The predicted molar refractivity (Wildman–Crippen MR) is 56.8 cm³/mol. The molecule has 1 atom stereocenters. The number of carbonyl (C=O) groups excluding carboxylic acids is 1. The van der Waals surface area contributed by atoms with E-state index in [0.29, 0.717) is 6.42 Å². The highest BCUT2D eigenvalue weighted by atomic mass is 16.4. The van der Waals surface area contributed by atoms with Crippen LogP contribution in [-0.2, 0) is 16.1 Å². The van der Waals surface area contributed by atoms with Crippen molar-refractivity contribution in [1.29, 1.82) is 0 Å². The lowest BCUT2D eigenvalue weighted by Crippen LogP contribution is -2.41. The minimum Gasteiger partial charge on any atom is -0.480 e. The third-order valence-corrected chi connectivity index (χ3v) is 2.11. The largest absolute Gasteiger partial charge is 0.480 e. The fourth-order valence-corrected chi connectivity index (χ4v) is 1.28. The number of carbonyl (C=O) groups is 2. The fourth-order valence-electron chi connectivity index (χ4n) is 1.28. The van der Waals surface area contributed by atoms with Crippen molar-refractivity contribution in [3.63, 3.8) is 0 Å². The topological polar surface area (TPSA) is 84.2 Å². The molecule has 0 unspecified atom stereocenters. The molecule has 1 amide bonds.